The van der Waals surface area contributed by atoms with E-state index in [9.17, 15) is 17.7 Å². The molecule has 0 aliphatic carbocycles. The molecule has 1 aliphatic rings. The molecule has 1 aromatic rings. The largest absolute Gasteiger partial charge is 0.598 e. The predicted octanol–water partition coefficient (Wildman–Crippen LogP) is 3.33. The van der Waals surface area contributed by atoms with Crippen molar-refractivity contribution in [1.29, 1.82) is 0 Å². The molecular weight excluding hydrogens is 303 g/mol. The topological polar surface area (TPSA) is 44.3 Å². The van der Waals surface area contributed by atoms with Crippen LogP contribution in [0.25, 0.3) is 0 Å². The highest BCUT2D eigenvalue weighted by Gasteiger charge is 2.35. The fourth-order valence-electron chi connectivity index (χ4n) is 2.03. The lowest BCUT2D eigenvalue weighted by molar-refractivity contribution is -0.137. The van der Waals surface area contributed by atoms with Gasteiger partial charge in [-0.25, -0.2) is 0 Å². The summed E-state index contributed by atoms with van der Waals surface area (Å²) in [4.78, 5) is 0. The molecule has 118 valence electrons. The van der Waals surface area contributed by atoms with Crippen LogP contribution in [0, 0.1) is 0 Å². The maximum atomic E-state index is 12.7. The average molecular weight is 321 g/mol. The van der Waals surface area contributed by atoms with Crippen molar-refractivity contribution in [3.05, 3.63) is 34.9 Å². The molecule has 0 fully saturated rings. The molecule has 7 heteroatoms. The molecule has 0 aromatic heterocycles. The second-order valence-electron chi connectivity index (χ2n) is 5.98. The smallest absolute Gasteiger partial charge is 0.416 e. The van der Waals surface area contributed by atoms with Gasteiger partial charge in [0.25, 0.3) is 0 Å². The van der Waals surface area contributed by atoms with Gasteiger partial charge in [-0.05, 0) is 44.0 Å². The standard InChI is InChI=1S/C14H18F3NO2S/c1-13(2,3)21(19)18-12-8-20-7-9-6-10(14(15,16)17)4-5-11(9)12/h4-6,12,18H,7-8H2,1-3H3/t12-,21-/m1/s1. The van der Waals surface area contributed by atoms with Crippen molar-refractivity contribution in [3.63, 3.8) is 0 Å². The van der Waals surface area contributed by atoms with Crippen LogP contribution in [0.1, 0.15) is 43.5 Å². The quantitative estimate of drug-likeness (QED) is 0.850. The van der Waals surface area contributed by atoms with Gasteiger partial charge in [0.15, 0.2) is 0 Å². The number of fused-ring (bicyclic) bond motifs is 1. The number of rotatable bonds is 2. The van der Waals surface area contributed by atoms with E-state index in [-0.39, 0.29) is 12.6 Å². The average Bonchev–Trinajstić information content (AvgIpc) is 2.36. The Morgan fingerprint density at radius 2 is 1.95 bits per heavy atom. The Kier molecular flexibility index (Phi) is 4.58. The zero-order valence-corrected chi connectivity index (χ0v) is 12.9. The maximum Gasteiger partial charge on any atom is 0.416 e. The van der Waals surface area contributed by atoms with E-state index in [0.29, 0.717) is 17.7 Å². The molecular formula is C14H18F3NO2S. The van der Waals surface area contributed by atoms with Gasteiger partial charge in [-0.15, -0.1) is 4.72 Å². The third-order valence-electron chi connectivity index (χ3n) is 3.19. The number of halogens is 3. The number of nitrogens with one attached hydrogen (secondary N) is 1. The maximum absolute atomic E-state index is 12.7. The van der Waals surface area contributed by atoms with Gasteiger partial charge in [0, 0.05) is 11.4 Å². The van der Waals surface area contributed by atoms with Gasteiger partial charge in [-0.2, -0.15) is 13.2 Å². The summed E-state index contributed by atoms with van der Waals surface area (Å²) >= 11 is -1.32. The Balaban J connectivity index is 2.24. The van der Waals surface area contributed by atoms with E-state index in [1.165, 1.54) is 6.07 Å². The Bertz CT molecular complexity index is 514. The van der Waals surface area contributed by atoms with Crippen LogP contribution in [-0.4, -0.2) is 15.9 Å². The summed E-state index contributed by atoms with van der Waals surface area (Å²) < 4.78 is 58.1. The van der Waals surface area contributed by atoms with Crippen molar-refractivity contribution in [3.8, 4) is 0 Å². The summed E-state index contributed by atoms with van der Waals surface area (Å²) in [6, 6.07) is 3.23. The predicted molar refractivity (Wildman–Crippen MR) is 74.9 cm³/mol. The van der Waals surface area contributed by atoms with Crippen LogP contribution in [0.15, 0.2) is 18.2 Å². The number of hydrogen-bond acceptors (Lipinski definition) is 3. The molecule has 2 rings (SSSR count). The van der Waals surface area contributed by atoms with Gasteiger partial charge in [0.2, 0.25) is 0 Å². The molecule has 21 heavy (non-hydrogen) atoms. The molecule has 2 atom stereocenters. The number of hydrogen-bond donors (Lipinski definition) is 1. The van der Waals surface area contributed by atoms with E-state index in [1.807, 2.05) is 20.8 Å². The van der Waals surface area contributed by atoms with Crippen molar-refractivity contribution in [1.82, 2.24) is 4.72 Å². The van der Waals surface area contributed by atoms with Crippen molar-refractivity contribution in [2.24, 2.45) is 0 Å². The van der Waals surface area contributed by atoms with E-state index in [0.717, 1.165) is 12.1 Å². The Morgan fingerprint density at radius 3 is 2.52 bits per heavy atom. The number of benzene rings is 1. The molecule has 0 radical (unpaired) electrons. The SMILES string of the molecule is CC(C)(C)[S@@+]([O-])N[C@@H]1COCc2cc(C(F)(F)F)ccc21. The normalized spacial score (nSPS) is 21.0. The van der Waals surface area contributed by atoms with Crippen molar-refractivity contribution in [2.75, 3.05) is 6.61 Å². The highest BCUT2D eigenvalue weighted by molar-refractivity contribution is 7.90. The van der Waals surface area contributed by atoms with Crippen molar-refractivity contribution < 1.29 is 22.5 Å². The first-order valence-corrected chi connectivity index (χ1v) is 7.70. The molecule has 0 bridgehead atoms. The van der Waals surface area contributed by atoms with Crippen molar-refractivity contribution in [2.45, 2.75) is 44.3 Å². The lowest BCUT2D eigenvalue weighted by Gasteiger charge is -2.31. The van der Waals surface area contributed by atoms with Crippen LogP contribution >= 0.6 is 0 Å². The minimum atomic E-state index is -4.37. The lowest BCUT2D eigenvalue weighted by atomic mass is 9.97. The number of alkyl halides is 3. The molecule has 1 heterocycles. The third kappa shape index (κ3) is 3.91. The van der Waals surface area contributed by atoms with Crippen LogP contribution in [0.5, 0.6) is 0 Å². The van der Waals surface area contributed by atoms with Crippen LogP contribution in [0.3, 0.4) is 0 Å². The lowest BCUT2D eigenvalue weighted by Crippen LogP contribution is -2.43. The van der Waals surface area contributed by atoms with Gasteiger partial charge in [-0.3, -0.25) is 0 Å². The first-order chi connectivity index (χ1) is 9.59. The molecule has 0 spiro atoms. The fraction of sp³-hybridized carbons (Fsp3) is 0.571. The first-order valence-electron chi connectivity index (χ1n) is 6.55. The molecule has 0 unspecified atom stereocenters. The molecule has 1 aromatic carbocycles. The first kappa shape index (κ1) is 16.6. The van der Waals surface area contributed by atoms with E-state index in [4.69, 9.17) is 4.74 Å². The Morgan fingerprint density at radius 1 is 1.29 bits per heavy atom. The summed E-state index contributed by atoms with van der Waals surface area (Å²) in [6.45, 7) is 5.91. The third-order valence-corrected chi connectivity index (χ3v) is 4.80. The Labute approximate surface area is 125 Å². The van der Waals surface area contributed by atoms with Gasteiger partial charge in [0.05, 0.1) is 18.8 Å². The highest BCUT2D eigenvalue weighted by Crippen LogP contribution is 2.34. The summed E-state index contributed by atoms with van der Waals surface area (Å²) in [7, 11) is 0. The summed E-state index contributed by atoms with van der Waals surface area (Å²) in [5.41, 5.74) is 0.508. The molecule has 3 nitrogen and oxygen atoms in total. The molecule has 1 N–H and O–H groups in total. The summed E-state index contributed by atoms with van der Waals surface area (Å²) in [5.74, 6) is 0. The second kappa shape index (κ2) is 5.79. The van der Waals surface area contributed by atoms with Crippen LogP contribution < -0.4 is 4.72 Å². The van der Waals surface area contributed by atoms with Crippen LogP contribution in [-0.2, 0) is 28.9 Å². The summed E-state index contributed by atoms with van der Waals surface area (Å²) in [5, 5.41) is 0. The van der Waals surface area contributed by atoms with Gasteiger partial charge < -0.3 is 9.29 Å². The fourth-order valence-corrected chi connectivity index (χ4v) is 2.83. The van der Waals surface area contributed by atoms with Crippen LogP contribution in [0.2, 0.25) is 0 Å². The summed E-state index contributed by atoms with van der Waals surface area (Å²) in [6.07, 6.45) is -4.37. The highest BCUT2D eigenvalue weighted by atomic mass is 32.2. The minimum Gasteiger partial charge on any atom is -0.598 e. The zero-order chi connectivity index (χ0) is 15.8. The van der Waals surface area contributed by atoms with Crippen molar-refractivity contribution >= 4 is 11.4 Å². The van der Waals surface area contributed by atoms with Gasteiger partial charge >= 0.3 is 6.18 Å². The monoisotopic (exact) mass is 321 g/mol. The van der Waals surface area contributed by atoms with Gasteiger partial charge in [0.1, 0.15) is 10.8 Å². The van der Waals surface area contributed by atoms with Crippen LogP contribution in [0.4, 0.5) is 13.2 Å². The molecule has 0 amide bonds. The van der Waals surface area contributed by atoms with E-state index in [2.05, 4.69) is 4.72 Å². The minimum absolute atomic E-state index is 0.138. The zero-order valence-electron chi connectivity index (χ0n) is 12.1. The van der Waals surface area contributed by atoms with E-state index in [1.54, 1.807) is 0 Å². The Hall–Kier alpha value is -0.760. The molecule has 0 saturated heterocycles. The molecule has 1 aliphatic heterocycles. The van der Waals surface area contributed by atoms with E-state index < -0.39 is 27.8 Å². The molecule has 0 saturated carbocycles. The van der Waals surface area contributed by atoms with E-state index >= 15 is 0 Å². The second-order valence-corrected chi connectivity index (χ2v) is 7.98. The van der Waals surface area contributed by atoms with Gasteiger partial charge in [-0.1, -0.05) is 6.07 Å². The number of ether oxygens (including phenoxy) is 1.